The third kappa shape index (κ3) is 5.33. The zero-order valence-corrected chi connectivity index (χ0v) is 20.4. The Balaban J connectivity index is 1.69. The third-order valence-corrected chi connectivity index (χ3v) is 5.77. The van der Waals surface area contributed by atoms with Crippen LogP contribution in [0.1, 0.15) is 35.5 Å². The quantitative estimate of drug-likeness (QED) is 0.290. The number of alkyl halides is 3. The molecule has 3 heterocycles. The molecule has 0 saturated heterocycles. The SMILES string of the molecule is C=CCn1cc(-c2cnc3c(Nc4ccc(C(=O)N[C@@H](C)CN)c(CC)c4)nccn23)c(C(F)(F)F)n1. The van der Waals surface area contributed by atoms with E-state index in [4.69, 9.17) is 5.73 Å². The molecule has 0 saturated carbocycles. The van der Waals surface area contributed by atoms with Gasteiger partial charge in [0.15, 0.2) is 17.2 Å². The van der Waals surface area contributed by atoms with Crippen molar-refractivity contribution in [3.8, 4) is 11.3 Å². The predicted molar refractivity (Wildman–Crippen MR) is 134 cm³/mol. The van der Waals surface area contributed by atoms with Gasteiger partial charge in [0, 0.05) is 42.4 Å². The molecule has 1 atom stereocenters. The van der Waals surface area contributed by atoms with Crippen molar-refractivity contribution in [3.63, 3.8) is 0 Å². The number of amides is 1. The Bertz CT molecular complexity index is 1440. The normalized spacial score (nSPS) is 12.5. The van der Waals surface area contributed by atoms with E-state index in [0.717, 1.165) is 5.56 Å². The number of nitrogens with one attached hydrogen (secondary N) is 2. The Morgan fingerprint density at radius 3 is 2.76 bits per heavy atom. The number of nitrogens with zero attached hydrogens (tertiary/aromatic N) is 5. The Morgan fingerprint density at radius 1 is 1.30 bits per heavy atom. The number of benzene rings is 1. The maximum absolute atomic E-state index is 13.7. The molecule has 0 unspecified atom stereocenters. The van der Waals surface area contributed by atoms with Crippen molar-refractivity contribution in [1.29, 1.82) is 0 Å². The molecule has 0 radical (unpaired) electrons. The minimum absolute atomic E-state index is 0.102. The first-order valence-corrected chi connectivity index (χ1v) is 11.6. The van der Waals surface area contributed by atoms with Crippen molar-refractivity contribution in [3.05, 3.63) is 72.5 Å². The highest BCUT2D eigenvalue weighted by molar-refractivity contribution is 5.96. The van der Waals surface area contributed by atoms with Gasteiger partial charge in [-0.05, 0) is 37.1 Å². The molecule has 1 amide bonds. The summed E-state index contributed by atoms with van der Waals surface area (Å²) in [6.45, 7) is 7.78. The third-order valence-electron chi connectivity index (χ3n) is 5.77. The summed E-state index contributed by atoms with van der Waals surface area (Å²) in [5, 5.41) is 9.72. The standard InChI is InChI=1S/C25H27F3N8O/c1-4-9-35-14-19(21(34-35)25(26,27)28)20-13-31-23-22(30-8-10-36(20)23)33-17-6-7-18(16(5-2)11-17)24(37)32-15(3)12-29/h4,6-8,10-11,13-15H,1,5,9,12,29H2,2-3H3,(H,30,33)(H,32,37)/t15-/m0/s1. The largest absolute Gasteiger partial charge is 0.435 e. The lowest BCUT2D eigenvalue weighted by atomic mass is 10.0. The van der Waals surface area contributed by atoms with E-state index >= 15 is 0 Å². The zero-order chi connectivity index (χ0) is 26.7. The molecule has 4 N–H and O–H groups in total. The fourth-order valence-corrected chi connectivity index (χ4v) is 3.93. The lowest BCUT2D eigenvalue weighted by Crippen LogP contribution is -2.38. The molecule has 0 fully saturated rings. The van der Waals surface area contributed by atoms with E-state index in [2.05, 4.69) is 32.3 Å². The summed E-state index contributed by atoms with van der Waals surface area (Å²) in [5.41, 5.74) is 7.05. The van der Waals surface area contributed by atoms with E-state index in [1.54, 1.807) is 12.1 Å². The van der Waals surface area contributed by atoms with Crippen molar-refractivity contribution in [2.75, 3.05) is 11.9 Å². The van der Waals surface area contributed by atoms with Gasteiger partial charge in [0.2, 0.25) is 0 Å². The second kappa shape index (κ2) is 10.4. The first-order valence-electron chi connectivity index (χ1n) is 11.6. The number of carbonyl (C=O) groups is 1. The first-order chi connectivity index (χ1) is 17.7. The Kier molecular flexibility index (Phi) is 7.30. The van der Waals surface area contributed by atoms with Gasteiger partial charge in [-0.3, -0.25) is 13.9 Å². The first kappa shape index (κ1) is 25.9. The average Bonchev–Trinajstić information content (AvgIpc) is 3.49. The van der Waals surface area contributed by atoms with Crippen molar-refractivity contribution in [1.82, 2.24) is 29.5 Å². The number of hydrogen-bond acceptors (Lipinski definition) is 6. The molecule has 0 bridgehead atoms. The topological polar surface area (TPSA) is 115 Å². The minimum atomic E-state index is -4.65. The van der Waals surface area contributed by atoms with Gasteiger partial charge in [-0.2, -0.15) is 18.3 Å². The van der Waals surface area contributed by atoms with Gasteiger partial charge in [0.05, 0.1) is 24.0 Å². The van der Waals surface area contributed by atoms with E-state index < -0.39 is 11.9 Å². The minimum Gasteiger partial charge on any atom is -0.348 e. The number of anilines is 2. The number of imidazole rings is 1. The monoisotopic (exact) mass is 512 g/mol. The van der Waals surface area contributed by atoms with Gasteiger partial charge in [0.25, 0.3) is 5.91 Å². The number of aromatic nitrogens is 5. The molecule has 4 aromatic rings. The molecule has 1 aromatic carbocycles. The average molecular weight is 513 g/mol. The van der Waals surface area contributed by atoms with Crippen LogP contribution in [-0.4, -0.2) is 42.6 Å². The molecule has 9 nitrogen and oxygen atoms in total. The van der Waals surface area contributed by atoms with Crippen molar-refractivity contribution >= 4 is 23.1 Å². The Labute approximate surface area is 211 Å². The number of rotatable bonds is 9. The second-order valence-electron chi connectivity index (χ2n) is 8.47. The van der Waals surface area contributed by atoms with Crippen molar-refractivity contribution in [2.24, 2.45) is 5.73 Å². The maximum Gasteiger partial charge on any atom is 0.435 e. The highest BCUT2D eigenvalue weighted by atomic mass is 19.4. The van der Waals surface area contributed by atoms with Crippen LogP contribution in [-0.2, 0) is 19.1 Å². The van der Waals surface area contributed by atoms with Crippen LogP contribution in [0, 0.1) is 0 Å². The molecule has 12 heteroatoms. The van der Waals surface area contributed by atoms with Gasteiger partial charge in [-0.15, -0.1) is 6.58 Å². The van der Waals surface area contributed by atoms with Crippen LogP contribution in [0.3, 0.4) is 0 Å². The van der Waals surface area contributed by atoms with Gasteiger partial charge < -0.3 is 16.4 Å². The van der Waals surface area contributed by atoms with Crippen molar-refractivity contribution < 1.29 is 18.0 Å². The van der Waals surface area contributed by atoms with Crippen LogP contribution in [0.4, 0.5) is 24.7 Å². The summed E-state index contributed by atoms with van der Waals surface area (Å²) >= 11 is 0. The Morgan fingerprint density at radius 2 is 2.08 bits per heavy atom. The number of aryl methyl sites for hydroxylation is 1. The highest BCUT2D eigenvalue weighted by Crippen LogP contribution is 2.37. The lowest BCUT2D eigenvalue weighted by molar-refractivity contribution is -0.141. The number of fused-ring (bicyclic) bond motifs is 1. The van der Waals surface area contributed by atoms with Crippen LogP contribution in [0.15, 0.2) is 55.6 Å². The molecular formula is C25H27F3N8O. The lowest BCUT2D eigenvalue weighted by Gasteiger charge is -2.15. The number of nitrogens with two attached hydrogens (primary N) is 1. The molecule has 3 aromatic heterocycles. The van der Waals surface area contributed by atoms with E-state index in [9.17, 15) is 18.0 Å². The molecular weight excluding hydrogens is 485 g/mol. The van der Waals surface area contributed by atoms with Crippen LogP contribution in [0.25, 0.3) is 16.9 Å². The Hall–Kier alpha value is -4.19. The van der Waals surface area contributed by atoms with E-state index in [0.29, 0.717) is 35.7 Å². The summed E-state index contributed by atoms with van der Waals surface area (Å²) in [6, 6.07) is 5.11. The van der Waals surface area contributed by atoms with Gasteiger partial charge in [-0.1, -0.05) is 13.0 Å². The maximum atomic E-state index is 13.7. The van der Waals surface area contributed by atoms with Gasteiger partial charge >= 0.3 is 6.18 Å². The van der Waals surface area contributed by atoms with Crippen LogP contribution in [0.2, 0.25) is 0 Å². The number of hydrogen-bond donors (Lipinski definition) is 3. The summed E-state index contributed by atoms with van der Waals surface area (Å²) < 4.78 is 43.9. The highest BCUT2D eigenvalue weighted by Gasteiger charge is 2.38. The van der Waals surface area contributed by atoms with Crippen LogP contribution >= 0.6 is 0 Å². The fourth-order valence-electron chi connectivity index (χ4n) is 3.93. The smallest absolute Gasteiger partial charge is 0.348 e. The zero-order valence-electron chi connectivity index (χ0n) is 20.4. The van der Waals surface area contributed by atoms with E-state index in [-0.39, 0.29) is 29.8 Å². The molecule has 0 aliphatic carbocycles. The van der Waals surface area contributed by atoms with E-state index in [1.165, 1.54) is 39.9 Å². The molecule has 194 valence electrons. The molecule has 0 spiro atoms. The summed E-state index contributed by atoms with van der Waals surface area (Å²) in [5.74, 6) is 0.133. The molecule has 0 aliphatic rings. The number of halogens is 3. The molecule has 37 heavy (non-hydrogen) atoms. The second-order valence-corrected chi connectivity index (χ2v) is 8.47. The molecule has 4 rings (SSSR count). The van der Waals surface area contributed by atoms with Crippen LogP contribution < -0.4 is 16.4 Å². The predicted octanol–water partition coefficient (Wildman–Crippen LogP) is 4.18. The van der Waals surface area contributed by atoms with Gasteiger partial charge in [-0.25, -0.2) is 9.97 Å². The molecule has 0 aliphatic heterocycles. The van der Waals surface area contributed by atoms with Crippen molar-refractivity contribution in [2.45, 2.75) is 39.0 Å². The van der Waals surface area contributed by atoms with Crippen LogP contribution in [0.5, 0.6) is 0 Å². The fraction of sp³-hybridized carbons (Fsp3) is 0.280. The summed E-state index contributed by atoms with van der Waals surface area (Å²) in [6.07, 6.45) is 3.12. The summed E-state index contributed by atoms with van der Waals surface area (Å²) in [4.78, 5) is 21.3. The summed E-state index contributed by atoms with van der Waals surface area (Å²) in [7, 11) is 0. The van der Waals surface area contributed by atoms with Gasteiger partial charge in [0.1, 0.15) is 0 Å². The van der Waals surface area contributed by atoms with E-state index in [1.807, 2.05) is 19.9 Å². The number of allylic oxidation sites excluding steroid dienone is 1. The number of carbonyl (C=O) groups excluding carboxylic acids is 1.